The van der Waals surface area contributed by atoms with Gasteiger partial charge in [0.2, 0.25) is 0 Å². The molecule has 550 valence electrons. The van der Waals surface area contributed by atoms with Gasteiger partial charge in [0.1, 0.15) is 0 Å². The number of para-hydroxylation sites is 3. The average molecular weight is 1470 g/mol. The number of fused-ring (bicyclic) bond motifs is 18. The molecule has 28 rings (SSSR count). The molecule has 12 aliphatic rings. The molecule has 0 amide bonds. The average Bonchev–Trinajstić information content (AvgIpc) is 1.44. The van der Waals surface area contributed by atoms with Gasteiger partial charge in [-0.3, -0.25) is 0 Å². The smallest absolute Gasteiger partial charge is 0.0561 e. The summed E-state index contributed by atoms with van der Waals surface area (Å²) in [5.74, 6) is 6.15. The molecule has 2 heterocycles. The van der Waals surface area contributed by atoms with Crippen molar-refractivity contribution in [2.24, 2.45) is 47.3 Å². The van der Waals surface area contributed by atoms with E-state index in [2.05, 4.69) is 350 Å². The minimum atomic E-state index is -0.287. The number of hydrogen-bond donors (Lipinski definition) is 0. The van der Waals surface area contributed by atoms with Gasteiger partial charge in [-0.25, -0.2) is 0 Å². The van der Waals surface area contributed by atoms with E-state index in [1.807, 2.05) is 0 Å². The first-order chi connectivity index (χ1) is 56.0. The second-order valence-electron chi connectivity index (χ2n) is 37.5. The molecule has 4 heteroatoms. The number of anilines is 6. The van der Waals surface area contributed by atoms with Gasteiger partial charge in [0, 0.05) is 88.5 Å². The molecular formula is C110H90N4. The van der Waals surface area contributed by atoms with E-state index in [1.165, 1.54) is 220 Å². The number of benzene rings is 14. The van der Waals surface area contributed by atoms with E-state index in [0.717, 1.165) is 35.0 Å². The van der Waals surface area contributed by atoms with Crippen LogP contribution in [-0.2, 0) is 21.7 Å². The van der Waals surface area contributed by atoms with Crippen molar-refractivity contribution in [2.75, 3.05) is 9.80 Å². The Hall–Kier alpha value is -11.7. The first-order valence-electron chi connectivity index (χ1n) is 42.8. The highest BCUT2D eigenvalue weighted by Gasteiger charge is 2.64. The molecule has 0 saturated heterocycles. The summed E-state index contributed by atoms with van der Waals surface area (Å²) >= 11 is 0. The molecule has 114 heavy (non-hydrogen) atoms. The fourth-order valence-electron chi connectivity index (χ4n) is 27.6. The van der Waals surface area contributed by atoms with E-state index in [9.17, 15) is 0 Å². The molecule has 8 saturated carbocycles. The van der Waals surface area contributed by atoms with Crippen molar-refractivity contribution < 1.29 is 0 Å². The number of hydrogen-bond acceptors (Lipinski definition) is 2. The summed E-state index contributed by atoms with van der Waals surface area (Å²) in [6.45, 7) is 9.80. The maximum absolute atomic E-state index is 2.67. The van der Waals surface area contributed by atoms with Crippen molar-refractivity contribution in [1.82, 2.24) is 9.13 Å². The zero-order valence-electron chi connectivity index (χ0n) is 65.3. The Labute approximate surface area is 668 Å². The van der Waals surface area contributed by atoms with Crippen molar-refractivity contribution in [3.8, 4) is 67.0 Å². The normalized spacial score (nSPS) is 24.4. The van der Waals surface area contributed by atoms with Gasteiger partial charge in [-0.05, 0) is 310 Å². The minimum Gasteiger partial charge on any atom is -0.310 e. The third-order valence-electron chi connectivity index (χ3n) is 31.6. The SMILES string of the molecule is CC1(C)c2ccccc2-c2ccc(N(c3ccc4c5ccccc5n(-c5cccc(-c6ccc7c(c6)-c6ccc(N(c8ccc9c(c8)c8ccccc8n9-c8ccccc8)c8cccc9c8-c8ccccc8C98C9CC%10CC(C9)CC8C%10)cc6C7(C)C)c5)c4c3)c3cccc4c3-c3ccccc3C43C4CC5CC(C4)CC3C5)cc21. The summed E-state index contributed by atoms with van der Waals surface area (Å²) in [4.78, 5) is 5.34. The van der Waals surface area contributed by atoms with E-state index in [4.69, 9.17) is 0 Å². The van der Waals surface area contributed by atoms with Crippen molar-refractivity contribution >= 4 is 77.7 Å². The first kappa shape index (κ1) is 64.8. The zero-order valence-corrected chi connectivity index (χ0v) is 65.3. The van der Waals surface area contributed by atoms with Gasteiger partial charge in [0.05, 0.1) is 33.4 Å². The second kappa shape index (κ2) is 23.0. The highest BCUT2D eigenvalue weighted by molar-refractivity contribution is 6.13. The predicted molar refractivity (Wildman–Crippen MR) is 472 cm³/mol. The van der Waals surface area contributed by atoms with Crippen molar-refractivity contribution in [3.63, 3.8) is 0 Å². The lowest BCUT2D eigenvalue weighted by atomic mass is 9.43. The molecule has 2 spiro atoms. The third kappa shape index (κ3) is 8.44. The molecule has 12 aliphatic carbocycles. The maximum Gasteiger partial charge on any atom is 0.0561 e. The Morgan fingerprint density at radius 2 is 0.649 bits per heavy atom. The lowest BCUT2D eigenvalue weighted by molar-refractivity contribution is -0.0399. The van der Waals surface area contributed by atoms with Gasteiger partial charge in [-0.15, -0.1) is 0 Å². The van der Waals surface area contributed by atoms with Crippen LogP contribution in [-0.4, -0.2) is 9.13 Å². The Balaban J connectivity index is 0.616. The zero-order chi connectivity index (χ0) is 75.0. The summed E-state index contributed by atoms with van der Waals surface area (Å²) in [5.41, 5.74) is 39.3. The second-order valence-corrected chi connectivity index (χ2v) is 37.5. The van der Waals surface area contributed by atoms with Crippen LogP contribution in [0, 0.1) is 47.3 Å². The quantitative estimate of drug-likeness (QED) is 0.143. The van der Waals surface area contributed by atoms with Crippen LogP contribution >= 0.6 is 0 Å². The fraction of sp³-hybridized carbons (Fsp3) is 0.236. The summed E-state index contributed by atoms with van der Waals surface area (Å²) < 4.78 is 5.02. The van der Waals surface area contributed by atoms with Crippen LogP contribution in [0.4, 0.5) is 34.1 Å². The minimum absolute atomic E-state index is 0.0344. The van der Waals surface area contributed by atoms with E-state index in [0.29, 0.717) is 23.7 Å². The van der Waals surface area contributed by atoms with Gasteiger partial charge in [0.15, 0.2) is 0 Å². The lowest BCUT2D eigenvalue weighted by Gasteiger charge is -2.61. The molecular weight excluding hydrogens is 1380 g/mol. The summed E-state index contributed by atoms with van der Waals surface area (Å²) in [6.07, 6.45) is 13.7. The number of aromatic nitrogens is 2. The molecule has 0 radical (unpaired) electrons. The van der Waals surface area contributed by atoms with E-state index in [1.54, 1.807) is 22.3 Å². The van der Waals surface area contributed by atoms with Gasteiger partial charge < -0.3 is 18.9 Å². The Morgan fingerprint density at radius 3 is 1.24 bits per heavy atom. The Kier molecular flexibility index (Phi) is 13.1. The monoisotopic (exact) mass is 1470 g/mol. The van der Waals surface area contributed by atoms with Gasteiger partial charge in [-0.1, -0.05) is 222 Å². The Bertz CT molecular complexity index is 6810. The van der Waals surface area contributed by atoms with E-state index in [-0.39, 0.29) is 21.7 Å². The van der Waals surface area contributed by atoms with Crippen LogP contribution in [0.2, 0.25) is 0 Å². The van der Waals surface area contributed by atoms with E-state index >= 15 is 0 Å². The van der Waals surface area contributed by atoms with E-state index < -0.39 is 0 Å². The van der Waals surface area contributed by atoms with Gasteiger partial charge in [0.25, 0.3) is 0 Å². The molecule has 0 N–H and O–H groups in total. The third-order valence-corrected chi connectivity index (χ3v) is 31.6. The van der Waals surface area contributed by atoms with Crippen LogP contribution in [0.3, 0.4) is 0 Å². The number of rotatable bonds is 9. The van der Waals surface area contributed by atoms with Crippen LogP contribution in [0.5, 0.6) is 0 Å². The largest absolute Gasteiger partial charge is 0.310 e. The molecule has 8 fully saturated rings. The maximum atomic E-state index is 2.67. The van der Waals surface area contributed by atoms with Crippen LogP contribution in [0.1, 0.15) is 136 Å². The first-order valence-corrected chi connectivity index (χ1v) is 42.8. The van der Waals surface area contributed by atoms with Crippen LogP contribution in [0.15, 0.2) is 303 Å². The summed E-state index contributed by atoms with van der Waals surface area (Å²) in [7, 11) is 0. The molecule has 14 aromatic carbocycles. The van der Waals surface area contributed by atoms with Crippen LogP contribution in [0.25, 0.3) is 111 Å². The molecule has 8 bridgehead atoms. The van der Waals surface area contributed by atoms with Crippen molar-refractivity contribution in [2.45, 2.75) is 114 Å². The molecule has 4 nitrogen and oxygen atoms in total. The predicted octanol–water partition coefficient (Wildman–Crippen LogP) is 28.5. The molecule has 0 aliphatic heterocycles. The Morgan fingerprint density at radius 1 is 0.246 bits per heavy atom. The highest BCUT2D eigenvalue weighted by atomic mass is 15.2. The molecule has 16 aromatic rings. The fourth-order valence-corrected chi connectivity index (χ4v) is 27.6. The van der Waals surface area contributed by atoms with Crippen molar-refractivity contribution in [1.29, 1.82) is 0 Å². The summed E-state index contributed by atoms with van der Waals surface area (Å²) in [5, 5.41) is 5.02. The van der Waals surface area contributed by atoms with Crippen LogP contribution < -0.4 is 9.80 Å². The molecule has 0 atom stereocenters. The standard InChI is InChI=1S/C110H90N4/c1-107(2)91-30-13-8-25-81(91)82-44-40-79(62-97(82)107)112(103-38-20-34-96-106(103)88-29-10-15-32-94(88)110(96)73-55-67-50-68(57-73)58-74(110)56-67)80-42-46-86-84-26-11-16-35-99(84)114(104(86)64-80)76-24-18-21-69(59-76)70-39-47-92-89(60-70)83-45-41-78(63-98(83)108(92,3)4)111(77-43-48-101-90(61-77)85-27-12-17-36-100(85)113(101)75-22-6-5-7-23-75)102-37-19-33-95-105(102)87-28-9-14-31-93(87)109(95)71-51-65-49-66(53-71)54-72(109)52-65/h5-48,59-68,71-74H,49-58H2,1-4H3. The summed E-state index contributed by atoms with van der Waals surface area (Å²) in [6, 6.07) is 119. The molecule has 0 unspecified atom stereocenters. The lowest BCUT2D eigenvalue weighted by Crippen LogP contribution is -2.55. The molecule has 2 aromatic heterocycles. The topological polar surface area (TPSA) is 16.3 Å². The number of nitrogens with zero attached hydrogens (tertiary/aromatic N) is 4. The van der Waals surface area contributed by atoms with Crippen molar-refractivity contribution in [3.05, 3.63) is 348 Å². The van der Waals surface area contributed by atoms with Gasteiger partial charge in [-0.2, -0.15) is 0 Å². The highest BCUT2D eigenvalue weighted by Crippen LogP contribution is 2.73. The van der Waals surface area contributed by atoms with Gasteiger partial charge >= 0.3 is 0 Å².